The molecule has 0 amide bonds. The first-order valence-electron chi connectivity index (χ1n) is 4.55. The third-order valence-electron chi connectivity index (χ3n) is 2.08. The van der Waals surface area contributed by atoms with Crippen LogP contribution in [0.1, 0.15) is 13.8 Å². The van der Waals surface area contributed by atoms with Gasteiger partial charge in [-0.2, -0.15) is 0 Å². The van der Waals surface area contributed by atoms with E-state index in [0.29, 0.717) is 0 Å². The van der Waals surface area contributed by atoms with Crippen LogP contribution in [0.25, 0.3) is 0 Å². The van der Waals surface area contributed by atoms with Gasteiger partial charge in [-0.05, 0) is 6.07 Å². The van der Waals surface area contributed by atoms with Gasteiger partial charge in [0.15, 0.2) is 0 Å². The SMILES string of the molecule is CC1(C)COB(c2ccc(Cl)s2)OC1. The average Bonchev–Trinajstić information content (AvgIpc) is 2.52. The summed E-state index contributed by atoms with van der Waals surface area (Å²) in [4.78, 5) is 0. The van der Waals surface area contributed by atoms with Crippen LogP contribution in [0.2, 0.25) is 4.34 Å². The van der Waals surface area contributed by atoms with Crippen LogP contribution in [0.15, 0.2) is 12.1 Å². The highest BCUT2D eigenvalue weighted by Gasteiger charge is 2.34. The molecule has 0 spiro atoms. The van der Waals surface area contributed by atoms with Crippen LogP contribution in [0.4, 0.5) is 0 Å². The quantitative estimate of drug-likeness (QED) is 0.689. The minimum absolute atomic E-state index is 0.123. The predicted molar refractivity (Wildman–Crippen MR) is 60.4 cm³/mol. The number of thiophene rings is 1. The van der Waals surface area contributed by atoms with Crippen LogP contribution in [0.3, 0.4) is 0 Å². The molecule has 2 nitrogen and oxygen atoms in total. The van der Waals surface area contributed by atoms with Crippen LogP contribution < -0.4 is 4.78 Å². The normalized spacial score (nSPS) is 21.2. The molecule has 76 valence electrons. The summed E-state index contributed by atoms with van der Waals surface area (Å²) in [6, 6.07) is 3.82. The van der Waals surface area contributed by atoms with Crippen molar-refractivity contribution < 1.29 is 9.31 Å². The Bertz CT molecular complexity index is 316. The molecule has 0 radical (unpaired) electrons. The van der Waals surface area contributed by atoms with E-state index in [1.54, 1.807) is 0 Å². The van der Waals surface area contributed by atoms with Gasteiger partial charge in [0.2, 0.25) is 0 Å². The Morgan fingerprint density at radius 3 is 2.50 bits per heavy atom. The molecule has 14 heavy (non-hydrogen) atoms. The van der Waals surface area contributed by atoms with Crippen LogP contribution in [0, 0.1) is 5.41 Å². The third-order valence-corrected chi connectivity index (χ3v) is 3.33. The molecule has 0 unspecified atom stereocenters. The van der Waals surface area contributed by atoms with Gasteiger partial charge in [-0.25, -0.2) is 0 Å². The lowest BCUT2D eigenvalue weighted by Gasteiger charge is -2.32. The zero-order chi connectivity index (χ0) is 10.2. The molecular weight excluding hydrogens is 218 g/mol. The lowest BCUT2D eigenvalue weighted by Crippen LogP contribution is -2.46. The summed E-state index contributed by atoms with van der Waals surface area (Å²) < 4.78 is 13.1. The zero-order valence-corrected chi connectivity index (χ0v) is 9.82. The lowest BCUT2D eigenvalue weighted by molar-refractivity contribution is 0.0346. The Balaban J connectivity index is 2.02. The Hall–Kier alpha value is -0.0251. The van der Waals surface area contributed by atoms with E-state index in [0.717, 1.165) is 22.3 Å². The van der Waals surface area contributed by atoms with Crippen molar-refractivity contribution in [2.45, 2.75) is 13.8 Å². The summed E-state index contributed by atoms with van der Waals surface area (Å²) >= 11 is 7.35. The fraction of sp³-hybridized carbons (Fsp3) is 0.556. The first-order chi connectivity index (χ1) is 6.57. The van der Waals surface area contributed by atoms with Crippen LogP contribution in [0.5, 0.6) is 0 Å². The van der Waals surface area contributed by atoms with E-state index in [2.05, 4.69) is 13.8 Å². The summed E-state index contributed by atoms with van der Waals surface area (Å²) in [5.74, 6) is 0. The zero-order valence-electron chi connectivity index (χ0n) is 8.25. The fourth-order valence-electron chi connectivity index (χ4n) is 1.31. The van der Waals surface area contributed by atoms with Crippen molar-refractivity contribution in [3.8, 4) is 0 Å². The van der Waals surface area contributed by atoms with Crippen molar-refractivity contribution in [2.75, 3.05) is 13.2 Å². The fourth-order valence-corrected chi connectivity index (χ4v) is 2.37. The molecule has 5 heteroatoms. The molecule has 0 atom stereocenters. The number of halogens is 1. The van der Waals surface area contributed by atoms with Gasteiger partial charge in [-0.1, -0.05) is 31.5 Å². The van der Waals surface area contributed by atoms with E-state index in [1.807, 2.05) is 12.1 Å². The van der Waals surface area contributed by atoms with Crippen molar-refractivity contribution in [3.63, 3.8) is 0 Å². The van der Waals surface area contributed by atoms with E-state index in [9.17, 15) is 0 Å². The minimum Gasteiger partial charge on any atom is -0.406 e. The van der Waals surface area contributed by atoms with E-state index in [4.69, 9.17) is 20.9 Å². The standard InChI is InChI=1S/C9H12BClO2S/c1-9(2)5-12-10(13-6-9)7-3-4-8(11)14-7/h3-4H,5-6H2,1-2H3. The third kappa shape index (κ3) is 2.31. The van der Waals surface area contributed by atoms with Crippen LogP contribution in [-0.2, 0) is 9.31 Å². The molecule has 0 aromatic carbocycles. The molecule has 2 rings (SSSR count). The summed E-state index contributed by atoms with van der Waals surface area (Å²) in [5, 5.41) is 0. The molecule has 0 bridgehead atoms. The topological polar surface area (TPSA) is 18.5 Å². The molecule has 1 saturated heterocycles. The molecule has 1 aliphatic heterocycles. The summed E-state index contributed by atoms with van der Waals surface area (Å²) in [6.45, 7) is 5.72. The molecule has 0 saturated carbocycles. The van der Waals surface area contributed by atoms with Gasteiger partial charge in [0.1, 0.15) is 0 Å². The van der Waals surface area contributed by atoms with E-state index in [1.165, 1.54) is 11.3 Å². The van der Waals surface area contributed by atoms with Crippen molar-refractivity contribution in [2.24, 2.45) is 5.41 Å². The van der Waals surface area contributed by atoms with Crippen LogP contribution >= 0.6 is 22.9 Å². The Kier molecular flexibility index (Phi) is 2.89. The van der Waals surface area contributed by atoms with Crippen molar-refractivity contribution in [1.29, 1.82) is 0 Å². The maximum Gasteiger partial charge on any atom is 0.504 e. The van der Waals surface area contributed by atoms with Crippen molar-refractivity contribution >= 4 is 34.8 Å². The summed E-state index contributed by atoms with van der Waals surface area (Å²) in [6.07, 6.45) is 0. The maximum absolute atomic E-state index is 5.84. The molecule has 0 aliphatic carbocycles. The Labute approximate surface area is 93.3 Å². The second kappa shape index (κ2) is 3.85. The van der Waals surface area contributed by atoms with Gasteiger partial charge in [0.05, 0.1) is 4.34 Å². The highest BCUT2D eigenvalue weighted by molar-refractivity contribution is 7.25. The van der Waals surface area contributed by atoms with E-state index >= 15 is 0 Å². The lowest BCUT2D eigenvalue weighted by atomic mass is 9.82. The predicted octanol–water partition coefficient (Wildman–Crippen LogP) is 2.17. The number of hydrogen-bond donors (Lipinski definition) is 0. The van der Waals surface area contributed by atoms with Gasteiger partial charge in [-0.3, -0.25) is 0 Å². The Morgan fingerprint density at radius 1 is 1.36 bits per heavy atom. The van der Waals surface area contributed by atoms with Crippen molar-refractivity contribution in [1.82, 2.24) is 0 Å². The molecular formula is C9H12BClO2S. The van der Waals surface area contributed by atoms with Gasteiger partial charge >= 0.3 is 7.12 Å². The minimum atomic E-state index is -0.222. The summed E-state index contributed by atoms with van der Waals surface area (Å²) in [7, 11) is -0.222. The van der Waals surface area contributed by atoms with Crippen molar-refractivity contribution in [3.05, 3.63) is 16.5 Å². The number of rotatable bonds is 1. The first kappa shape index (κ1) is 10.5. The van der Waals surface area contributed by atoms with E-state index < -0.39 is 0 Å². The molecule has 2 heterocycles. The van der Waals surface area contributed by atoms with Gasteiger partial charge in [0.25, 0.3) is 0 Å². The van der Waals surface area contributed by atoms with E-state index in [-0.39, 0.29) is 12.5 Å². The highest BCUT2D eigenvalue weighted by Crippen LogP contribution is 2.23. The maximum atomic E-state index is 5.84. The molecule has 1 aromatic rings. The van der Waals surface area contributed by atoms with Crippen LogP contribution in [-0.4, -0.2) is 20.3 Å². The summed E-state index contributed by atoms with van der Waals surface area (Å²) in [5.41, 5.74) is 0.123. The molecule has 1 aromatic heterocycles. The molecule has 1 aliphatic rings. The number of hydrogen-bond acceptors (Lipinski definition) is 3. The Morgan fingerprint density at radius 2 is 2.00 bits per heavy atom. The average molecular weight is 231 g/mol. The smallest absolute Gasteiger partial charge is 0.406 e. The second-order valence-corrected chi connectivity index (χ2v) is 6.01. The first-order valence-corrected chi connectivity index (χ1v) is 5.75. The molecule has 0 N–H and O–H groups in total. The molecule has 1 fully saturated rings. The van der Waals surface area contributed by atoms with Gasteiger partial charge < -0.3 is 9.31 Å². The highest BCUT2D eigenvalue weighted by atomic mass is 35.5. The largest absolute Gasteiger partial charge is 0.504 e. The van der Waals surface area contributed by atoms with Gasteiger partial charge in [0, 0.05) is 23.4 Å². The monoisotopic (exact) mass is 230 g/mol. The van der Waals surface area contributed by atoms with Gasteiger partial charge in [-0.15, -0.1) is 11.3 Å². The second-order valence-electron chi connectivity index (χ2n) is 4.26.